The molecule has 3 aromatic rings. The summed E-state index contributed by atoms with van der Waals surface area (Å²) in [6, 6.07) is 9.78. The molecule has 1 saturated heterocycles. The molecule has 4 rings (SSSR count). The van der Waals surface area contributed by atoms with Crippen molar-refractivity contribution in [2.45, 2.75) is 13.3 Å². The first-order valence-electron chi connectivity index (χ1n) is 9.34. The topological polar surface area (TPSA) is 49.3 Å². The molecule has 2 aromatic heterocycles. The number of benzene rings is 1. The molecule has 0 unspecified atom stereocenters. The van der Waals surface area contributed by atoms with Crippen molar-refractivity contribution in [3.05, 3.63) is 65.0 Å². The SMILES string of the molecule is CCc1csc(-c2ccc(N3CCN(C(=O)c4ccc(F)cc4)CC3)nc2)n1. The van der Waals surface area contributed by atoms with Gasteiger partial charge in [0.15, 0.2) is 0 Å². The standard InChI is InChI=1S/C21H21FN4OS/c1-2-18-14-28-20(24-18)16-5-8-19(23-13-16)25-9-11-26(12-10-25)21(27)15-3-6-17(22)7-4-15/h3-8,13-14H,2,9-12H2,1H3. The van der Waals surface area contributed by atoms with Crippen LogP contribution in [0.25, 0.3) is 10.6 Å². The molecule has 0 radical (unpaired) electrons. The molecular weight excluding hydrogens is 375 g/mol. The molecule has 3 heterocycles. The largest absolute Gasteiger partial charge is 0.353 e. The number of hydrogen-bond acceptors (Lipinski definition) is 5. The Hall–Kier alpha value is -2.80. The highest BCUT2D eigenvalue weighted by molar-refractivity contribution is 7.13. The Morgan fingerprint density at radius 2 is 1.86 bits per heavy atom. The van der Waals surface area contributed by atoms with Crippen LogP contribution in [0.1, 0.15) is 23.0 Å². The lowest BCUT2D eigenvalue weighted by Crippen LogP contribution is -2.49. The quantitative estimate of drug-likeness (QED) is 0.672. The Kier molecular flexibility index (Phi) is 5.34. The Morgan fingerprint density at radius 1 is 1.11 bits per heavy atom. The highest BCUT2D eigenvalue weighted by atomic mass is 32.1. The fraction of sp³-hybridized carbons (Fsp3) is 0.286. The molecule has 1 amide bonds. The number of anilines is 1. The number of amides is 1. The molecule has 0 aliphatic carbocycles. The van der Waals surface area contributed by atoms with E-state index in [2.05, 4.69) is 33.2 Å². The highest BCUT2D eigenvalue weighted by Gasteiger charge is 2.23. The molecule has 1 aliphatic rings. The minimum atomic E-state index is -0.334. The van der Waals surface area contributed by atoms with Gasteiger partial charge in [-0.25, -0.2) is 14.4 Å². The Balaban J connectivity index is 1.38. The lowest BCUT2D eigenvalue weighted by atomic mass is 10.1. The Morgan fingerprint density at radius 3 is 2.46 bits per heavy atom. The second-order valence-electron chi connectivity index (χ2n) is 6.69. The van der Waals surface area contributed by atoms with Crippen LogP contribution in [0.15, 0.2) is 48.0 Å². The van der Waals surface area contributed by atoms with E-state index in [1.54, 1.807) is 16.2 Å². The van der Waals surface area contributed by atoms with Gasteiger partial charge in [0.05, 0.1) is 5.69 Å². The molecule has 7 heteroatoms. The zero-order chi connectivity index (χ0) is 19.5. The summed E-state index contributed by atoms with van der Waals surface area (Å²) in [7, 11) is 0. The minimum absolute atomic E-state index is 0.0570. The van der Waals surface area contributed by atoms with Crippen molar-refractivity contribution in [3.8, 4) is 10.6 Å². The van der Waals surface area contributed by atoms with Gasteiger partial charge in [0.1, 0.15) is 16.6 Å². The second-order valence-corrected chi connectivity index (χ2v) is 7.55. The van der Waals surface area contributed by atoms with Gasteiger partial charge >= 0.3 is 0 Å². The van der Waals surface area contributed by atoms with E-state index in [4.69, 9.17) is 0 Å². The molecular formula is C21H21FN4OS. The number of thiazole rings is 1. The van der Waals surface area contributed by atoms with E-state index >= 15 is 0 Å². The number of aryl methyl sites for hydroxylation is 1. The number of hydrogen-bond donors (Lipinski definition) is 0. The third kappa shape index (κ3) is 3.89. The first-order chi connectivity index (χ1) is 13.6. The Labute approximate surface area is 167 Å². The highest BCUT2D eigenvalue weighted by Crippen LogP contribution is 2.25. The van der Waals surface area contributed by atoms with E-state index in [0.29, 0.717) is 18.7 Å². The van der Waals surface area contributed by atoms with E-state index in [0.717, 1.165) is 41.6 Å². The van der Waals surface area contributed by atoms with Gasteiger partial charge in [0.2, 0.25) is 0 Å². The molecule has 1 fully saturated rings. The molecule has 1 aromatic carbocycles. The van der Waals surface area contributed by atoms with Gasteiger partial charge in [0.25, 0.3) is 5.91 Å². The maximum absolute atomic E-state index is 13.0. The maximum Gasteiger partial charge on any atom is 0.253 e. The van der Waals surface area contributed by atoms with Gasteiger partial charge < -0.3 is 9.80 Å². The monoisotopic (exact) mass is 396 g/mol. The number of carbonyl (C=O) groups excluding carboxylic acids is 1. The number of aromatic nitrogens is 2. The number of halogens is 1. The summed E-state index contributed by atoms with van der Waals surface area (Å²) in [6.45, 7) is 4.77. The fourth-order valence-electron chi connectivity index (χ4n) is 3.22. The van der Waals surface area contributed by atoms with Gasteiger partial charge in [-0.2, -0.15) is 0 Å². The smallest absolute Gasteiger partial charge is 0.253 e. The van der Waals surface area contributed by atoms with Crippen LogP contribution in [-0.4, -0.2) is 47.0 Å². The molecule has 0 bridgehead atoms. The molecule has 5 nitrogen and oxygen atoms in total. The second kappa shape index (κ2) is 8.06. The van der Waals surface area contributed by atoms with Crippen molar-refractivity contribution >= 4 is 23.1 Å². The fourth-order valence-corrected chi connectivity index (χ4v) is 4.11. The third-order valence-corrected chi connectivity index (χ3v) is 5.83. The van der Waals surface area contributed by atoms with E-state index in [-0.39, 0.29) is 11.7 Å². The summed E-state index contributed by atoms with van der Waals surface area (Å²) in [5.74, 6) is 0.517. The van der Waals surface area contributed by atoms with Crippen molar-refractivity contribution in [1.29, 1.82) is 0 Å². The summed E-state index contributed by atoms with van der Waals surface area (Å²) >= 11 is 1.64. The Bertz CT molecular complexity index is 947. The van der Waals surface area contributed by atoms with Crippen LogP contribution in [0.2, 0.25) is 0 Å². The normalized spacial score (nSPS) is 14.4. The van der Waals surface area contributed by atoms with Gasteiger partial charge in [-0.05, 0) is 42.8 Å². The van der Waals surface area contributed by atoms with E-state index in [1.165, 1.54) is 24.3 Å². The number of piperazine rings is 1. The van der Waals surface area contributed by atoms with E-state index < -0.39 is 0 Å². The first-order valence-corrected chi connectivity index (χ1v) is 10.2. The number of carbonyl (C=O) groups is 1. The van der Waals surface area contributed by atoms with Crippen molar-refractivity contribution < 1.29 is 9.18 Å². The van der Waals surface area contributed by atoms with E-state index in [9.17, 15) is 9.18 Å². The average Bonchev–Trinajstić information content (AvgIpc) is 3.23. The zero-order valence-electron chi connectivity index (χ0n) is 15.6. The number of pyridine rings is 1. The van der Waals surface area contributed by atoms with Crippen LogP contribution in [0.5, 0.6) is 0 Å². The van der Waals surface area contributed by atoms with Crippen molar-refractivity contribution in [2.75, 3.05) is 31.1 Å². The van der Waals surface area contributed by atoms with Crippen LogP contribution in [0.4, 0.5) is 10.2 Å². The zero-order valence-corrected chi connectivity index (χ0v) is 16.5. The molecule has 0 saturated carbocycles. The summed E-state index contributed by atoms with van der Waals surface area (Å²) in [6.07, 6.45) is 2.80. The van der Waals surface area contributed by atoms with Crippen molar-refractivity contribution in [3.63, 3.8) is 0 Å². The molecule has 0 spiro atoms. The van der Waals surface area contributed by atoms with Gasteiger partial charge in [-0.1, -0.05) is 6.92 Å². The summed E-state index contributed by atoms with van der Waals surface area (Å²) in [5, 5.41) is 3.08. The predicted molar refractivity (Wildman–Crippen MR) is 109 cm³/mol. The van der Waals surface area contributed by atoms with E-state index in [1.807, 2.05) is 12.3 Å². The maximum atomic E-state index is 13.0. The van der Waals surface area contributed by atoms with Crippen molar-refractivity contribution in [2.24, 2.45) is 0 Å². The molecule has 144 valence electrons. The average molecular weight is 396 g/mol. The molecule has 0 atom stereocenters. The first kappa shape index (κ1) is 18.6. The van der Waals surface area contributed by atoms with Gasteiger partial charge in [-0.3, -0.25) is 4.79 Å². The molecule has 28 heavy (non-hydrogen) atoms. The van der Waals surface area contributed by atoms with Crippen LogP contribution in [0.3, 0.4) is 0 Å². The molecule has 0 N–H and O–H groups in total. The van der Waals surface area contributed by atoms with Gasteiger partial charge in [0, 0.05) is 48.9 Å². The van der Waals surface area contributed by atoms with Crippen LogP contribution >= 0.6 is 11.3 Å². The van der Waals surface area contributed by atoms with Crippen LogP contribution in [-0.2, 0) is 6.42 Å². The number of nitrogens with zero attached hydrogens (tertiary/aromatic N) is 4. The van der Waals surface area contributed by atoms with Crippen molar-refractivity contribution in [1.82, 2.24) is 14.9 Å². The van der Waals surface area contributed by atoms with Crippen LogP contribution in [0, 0.1) is 5.82 Å². The summed E-state index contributed by atoms with van der Waals surface area (Å²) in [5.41, 5.74) is 2.65. The molecule has 1 aliphatic heterocycles. The lowest BCUT2D eigenvalue weighted by Gasteiger charge is -2.35. The number of rotatable bonds is 4. The summed E-state index contributed by atoms with van der Waals surface area (Å²) in [4.78, 5) is 25.7. The lowest BCUT2D eigenvalue weighted by molar-refractivity contribution is 0.0746. The minimum Gasteiger partial charge on any atom is -0.353 e. The van der Waals surface area contributed by atoms with Gasteiger partial charge in [-0.15, -0.1) is 11.3 Å². The third-order valence-electron chi connectivity index (χ3n) is 4.89. The predicted octanol–water partition coefficient (Wildman–Crippen LogP) is 3.87. The summed E-state index contributed by atoms with van der Waals surface area (Å²) < 4.78 is 13.0. The van der Waals surface area contributed by atoms with Crippen LogP contribution < -0.4 is 4.90 Å².